The number of rotatable bonds is 6. The minimum Gasteiger partial charge on any atom is -0.497 e. The van der Waals surface area contributed by atoms with Crippen LogP contribution in [0.25, 0.3) is 0 Å². The quantitative estimate of drug-likeness (QED) is 0.506. The van der Waals surface area contributed by atoms with Crippen LogP contribution in [0.4, 0.5) is 10.7 Å². The Labute approximate surface area is 187 Å². The van der Waals surface area contributed by atoms with Crippen molar-refractivity contribution in [3.63, 3.8) is 0 Å². The molecular formula is C22H19ClN2O5S. The molecule has 0 spiro atoms. The van der Waals surface area contributed by atoms with E-state index in [9.17, 15) is 14.4 Å². The zero-order chi connectivity index (χ0) is 22.5. The second-order valence-corrected chi connectivity index (χ2v) is 7.86. The maximum Gasteiger partial charge on any atom is 0.341 e. The van der Waals surface area contributed by atoms with Crippen molar-refractivity contribution in [1.29, 1.82) is 0 Å². The molecule has 7 nitrogen and oxygen atoms in total. The topological polar surface area (TPSA) is 93.7 Å². The van der Waals surface area contributed by atoms with Crippen molar-refractivity contribution in [3.8, 4) is 5.75 Å². The molecule has 1 aromatic heterocycles. The molecule has 2 amide bonds. The van der Waals surface area contributed by atoms with E-state index >= 15 is 0 Å². The van der Waals surface area contributed by atoms with Crippen LogP contribution in [0.15, 0.2) is 48.5 Å². The van der Waals surface area contributed by atoms with E-state index in [-0.39, 0.29) is 15.4 Å². The Hall–Kier alpha value is -3.36. The monoisotopic (exact) mass is 458 g/mol. The largest absolute Gasteiger partial charge is 0.497 e. The Balaban J connectivity index is 1.93. The Bertz CT molecular complexity index is 1160. The minimum absolute atomic E-state index is 0.125. The van der Waals surface area contributed by atoms with Crippen LogP contribution in [0.5, 0.6) is 5.75 Å². The predicted octanol–water partition coefficient (Wildman–Crippen LogP) is 5.01. The highest BCUT2D eigenvalue weighted by Gasteiger charge is 2.26. The number of esters is 1. The molecule has 0 aliphatic carbocycles. The molecule has 0 radical (unpaired) electrons. The van der Waals surface area contributed by atoms with Gasteiger partial charge >= 0.3 is 5.97 Å². The Morgan fingerprint density at radius 2 is 1.71 bits per heavy atom. The Morgan fingerprint density at radius 1 is 0.968 bits per heavy atom. The van der Waals surface area contributed by atoms with Gasteiger partial charge in [0.1, 0.15) is 10.8 Å². The fourth-order valence-corrected chi connectivity index (χ4v) is 4.14. The van der Waals surface area contributed by atoms with Crippen LogP contribution in [0.1, 0.15) is 36.0 Å². The number of methoxy groups -OCH3 is 2. The van der Waals surface area contributed by atoms with Crippen LogP contribution in [0.3, 0.4) is 0 Å². The third-order valence-corrected chi connectivity index (χ3v) is 5.83. The molecule has 0 aliphatic rings. The van der Waals surface area contributed by atoms with Gasteiger partial charge in [-0.15, -0.1) is 11.3 Å². The van der Waals surface area contributed by atoms with Gasteiger partial charge in [-0.25, -0.2) is 4.79 Å². The number of amides is 2. The predicted molar refractivity (Wildman–Crippen MR) is 121 cm³/mol. The van der Waals surface area contributed by atoms with Gasteiger partial charge in [0.2, 0.25) is 0 Å². The second-order valence-electron chi connectivity index (χ2n) is 6.40. The van der Waals surface area contributed by atoms with Crippen molar-refractivity contribution >= 4 is 51.4 Å². The van der Waals surface area contributed by atoms with Crippen LogP contribution in [0, 0.1) is 6.92 Å². The number of ether oxygens (including phenoxy) is 2. The van der Waals surface area contributed by atoms with Gasteiger partial charge in [-0.1, -0.05) is 23.7 Å². The fraction of sp³-hybridized carbons (Fsp3) is 0.136. The van der Waals surface area contributed by atoms with E-state index in [0.29, 0.717) is 27.6 Å². The van der Waals surface area contributed by atoms with Crippen molar-refractivity contribution in [3.05, 3.63) is 75.1 Å². The average Bonchev–Trinajstić information content (AvgIpc) is 3.09. The summed E-state index contributed by atoms with van der Waals surface area (Å²) in [7, 11) is 2.73. The molecule has 0 saturated heterocycles. The number of carbonyl (C=O) groups is 3. The van der Waals surface area contributed by atoms with Gasteiger partial charge in [0.15, 0.2) is 0 Å². The molecule has 2 aromatic carbocycles. The first-order valence-electron chi connectivity index (χ1n) is 9.08. The molecule has 160 valence electrons. The lowest BCUT2D eigenvalue weighted by Gasteiger charge is -2.07. The van der Waals surface area contributed by atoms with E-state index in [4.69, 9.17) is 21.1 Å². The molecule has 3 aromatic rings. The third-order valence-electron chi connectivity index (χ3n) is 4.38. The number of thiophene rings is 1. The maximum atomic E-state index is 12.8. The number of hydrogen-bond acceptors (Lipinski definition) is 6. The first-order valence-corrected chi connectivity index (χ1v) is 10.3. The lowest BCUT2D eigenvalue weighted by Crippen LogP contribution is -2.14. The molecule has 0 unspecified atom stereocenters. The van der Waals surface area contributed by atoms with E-state index in [2.05, 4.69) is 10.6 Å². The first kappa shape index (κ1) is 22.3. The van der Waals surface area contributed by atoms with Crippen LogP contribution >= 0.6 is 22.9 Å². The zero-order valence-corrected chi connectivity index (χ0v) is 18.5. The molecule has 1 heterocycles. The Morgan fingerprint density at radius 3 is 2.39 bits per heavy atom. The van der Waals surface area contributed by atoms with E-state index in [1.54, 1.807) is 55.5 Å². The van der Waals surface area contributed by atoms with Gasteiger partial charge in [-0.3, -0.25) is 9.59 Å². The van der Waals surface area contributed by atoms with Gasteiger partial charge < -0.3 is 20.1 Å². The van der Waals surface area contributed by atoms with Crippen molar-refractivity contribution in [2.24, 2.45) is 0 Å². The maximum absolute atomic E-state index is 12.8. The fourth-order valence-electron chi connectivity index (χ4n) is 2.86. The smallest absolute Gasteiger partial charge is 0.341 e. The van der Waals surface area contributed by atoms with Gasteiger partial charge in [0.25, 0.3) is 11.8 Å². The summed E-state index contributed by atoms with van der Waals surface area (Å²) < 4.78 is 10.00. The molecule has 3 rings (SSSR count). The van der Waals surface area contributed by atoms with E-state index in [1.807, 2.05) is 0 Å². The van der Waals surface area contributed by atoms with Gasteiger partial charge in [0, 0.05) is 16.3 Å². The lowest BCUT2D eigenvalue weighted by atomic mass is 10.1. The highest BCUT2D eigenvalue weighted by Crippen LogP contribution is 2.35. The van der Waals surface area contributed by atoms with E-state index in [1.165, 1.54) is 14.2 Å². The normalized spacial score (nSPS) is 10.3. The summed E-state index contributed by atoms with van der Waals surface area (Å²) in [6.45, 7) is 1.62. The summed E-state index contributed by atoms with van der Waals surface area (Å²) in [6.07, 6.45) is 0. The SMILES string of the molecule is COC(=O)c1c(NC(=O)c2cccc(OC)c2)sc(C(=O)Nc2cccc(Cl)c2)c1C. The zero-order valence-electron chi connectivity index (χ0n) is 16.9. The summed E-state index contributed by atoms with van der Waals surface area (Å²) in [6, 6.07) is 13.3. The number of hydrogen-bond donors (Lipinski definition) is 2. The number of carbonyl (C=O) groups excluding carboxylic acids is 3. The molecular weight excluding hydrogens is 440 g/mol. The van der Waals surface area contributed by atoms with Crippen LogP contribution < -0.4 is 15.4 Å². The molecule has 0 fully saturated rings. The summed E-state index contributed by atoms with van der Waals surface area (Å²) >= 11 is 6.95. The van der Waals surface area contributed by atoms with Crippen molar-refractivity contribution in [2.75, 3.05) is 24.9 Å². The molecule has 0 bridgehead atoms. The van der Waals surface area contributed by atoms with E-state index in [0.717, 1.165) is 11.3 Å². The lowest BCUT2D eigenvalue weighted by molar-refractivity contribution is 0.0601. The molecule has 2 N–H and O–H groups in total. The number of anilines is 2. The summed E-state index contributed by atoms with van der Waals surface area (Å²) in [5, 5.41) is 6.14. The number of nitrogens with one attached hydrogen (secondary N) is 2. The van der Waals surface area contributed by atoms with Crippen LogP contribution in [-0.2, 0) is 4.74 Å². The highest BCUT2D eigenvalue weighted by molar-refractivity contribution is 7.19. The molecule has 0 atom stereocenters. The Kier molecular flexibility index (Phi) is 6.94. The van der Waals surface area contributed by atoms with Gasteiger partial charge in [-0.2, -0.15) is 0 Å². The first-order chi connectivity index (χ1) is 14.8. The van der Waals surface area contributed by atoms with Crippen molar-refractivity contribution in [1.82, 2.24) is 0 Å². The van der Waals surface area contributed by atoms with Crippen LogP contribution in [0.2, 0.25) is 5.02 Å². The number of benzene rings is 2. The van der Waals surface area contributed by atoms with Crippen molar-refractivity contribution < 1.29 is 23.9 Å². The average molecular weight is 459 g/mol. The standard InChI is InChI=1S/C22H19ClN2O5S/c1-12-17(22(28)30-3)21(25-19(26)13-6-4-9-16(10-13)29-2)31-18(12)20(27)24-15-8-5-7-14(23)11-15/h4-11H,1-3H3,(H,24,27)(H,25,26). The highest BCUT2D eigenvalue weighted by atomic mass is 35.5. The summed E-state index contributed by atoms with van der Waals surface area (Å²) in [5.41, 5.74) is 1.37. The summed E-state index contributed by atoms with van der Waals surface area (Å²) in [4.78, 5) is 38.2. The number of halogens is 1. The molecule has 0 saturated carbocycles. The molecule has 31 heavy (non-hydrogen) atoms. The molecule has 9 heteroatoms. The third kappa shape index (κ3) is 5.04. The van der Waals surface area contributed by atoms with Crippen molar-refractivity contribution in [2.45, 2.75) is 6.92 Å². The second kappa shape index (κ2) is 9.63. The van der Waals surface area contributed by atoms with Crippen LogP contribution in [-0.4, -0.2) is 32.0 Å². The van der Waals surface area contributed by atoms with E-state index < -0.39 is 17.8 Å². The summed E-state index contributed by atoms with van der Waals surface area (Å²) in [5.74, 6) is -1.02. The van der Waals surface area contributed by atoms with Gasteiger partial charge in [-0.05, 0) is 48.9 Å². The van der Waals surface area contributed by atoms with Gasteiger partial charge in [0.05, 0.1) is 24.7 Å². The minimum atomic E-state index is -0.656. The molecule has 0 aliphatic heterocycles.